The molecule has 1 aliphatic heterocycles. The number of carbonyl (C=O) groups excluding carboxylic acids is 1. The first-order chi connectivity index (χ1) is 12.2. The Morgan fingerprint density at radius 2 is 1.92 bits per heavy atom. The summed E-state index contributed by atoms with van der Waals surface area (Å²) >= 11 is 6.08. The molecule has 25 heavy (non-hydrogen) atoms. The van der Waals surface area contributed by atoms with Gasteiger partial charge in [-0.25, -0.2) is 4.98 Å². The van der Waals surface area contributed by atoms with E-state index < -0.39 is 0 Å². The summed E-state index contributed by atoms with van der Waals surface area (Å²) in [4.78, 5) is 21.0. The van der Waals surface area contributed by atoms with Crippen molar-refractivity contribution in [1.82, 2.24) is 10.3 Å². The van der Waals surface area contributed by atoms with Crippen molar-refractivity contribution in [3.63, 3.8) is 0 Å². The minimum atomic E-state index is -0.0633. The van der Waals surface area contributed by atoms with Crippen molar-refractivity contribution in [1.29, 1.82) is 0 Å². The maximum Gasteiger partial charge on any atom is 0.252 e. The molecule has 1 aromatic heterocycles. The van der Waals surface area contributed by atoms with E-state index in [-0.39, 0.29) is 5.91 Å². The molecule has 0 saturated carbocycles. The third kappa shape index (κ3) is 4.42. The number of hydrogen-bond acceptors (Lipinski definition) is 4. The predicted octanol–water partition coefficient (Wildman–Crippen LogP) is 3.20. The fraction of sp³-hybridized carbons (Fsp3) is 0.368. The zero-order valence-electron chi connectivity index (χ0n) is 14.4. The highest BCUT2D eigenvalue weighted by atomic mass is 35.5. The first-order valence-corrected chi connectivity index (χ1v) is 9.05. The maximum absolute atomic E-state index is 11.9. The zero-order valence-corrected chi connectivity index (χ0v) is 15.2. The molecular formula is C19H23ClN4O. The van der Waals surface area contributed by atoms with Gasteiger partial charge in [0.2, 0.25) is 0 Å². The van der Waals surface area contributed by atoms with Crippen LogP contribution in [0.3, 0.4) is 0 Å². The molecule has 1 aromatic carbocycles. The number of anilines is 2. The minimum absolute atomic E-state index is 0.0633. The van der Waals surface area contributed by atoms with Gasteiger partial charge >= 0.3 is 0 Å². The number of nitrogens with zero attached hydrogens (tertiary/aromatic N) is 3. The molecule has 6 heteroatoms. The number of rotatable bonds is 5. The van der Waals surface area contributed by atoms with Crippen LogP contribution in [0, 0.1) is 0 Å². The van der Waals surface area contributed by atoms with E-state index in [1.807, 2.05) is 37.3 Å². The molecule has 5 nitrogen and oxygen atoms in total. The molecular weight excluding hydrogens is 336 g/mol. The topological polar surface area (TPSA) is 48.5 Å². The van der Waals surface area contributed by atoms with E-state index in [1.54, 1.807) is 6.20 Å². The highest BCUT2D eigenvalue weighted by Crippen LogP contribution is 2.22. The van der Waals surface area contributed by atoms with Gasteiger partial charge in [-0.3, -0.25) is 4.79 Å². The SMILES string of the molecule is CCCNC(=O)c1ccc(N2CCN(c3cccc(Cl)c3)CC2)nc1. The summed E-state index contributed by atoms with van der Waals surface area (Å²) in [6.07, 6.45) is 2.58. The highest BCUT2D eigenvalue weighted by Gasteiger charge is 2.18. The fourth-order valence-corrected chi connectivity index (χ4v) is 3.10. The van der Waals surface area contributed by atoms with Crippen molar-refractivity contribution >= 4 is 29.0 Å². The van der Waals surface area contributed by atoms with Crippen LogP contribution < -0.4 is 15.1 Å². The molecule has 1 N–H and O–H groups in total. The van der Waals surface area contributed by atoms with Crippen molar-refractivity contribution in [3.05, 3.63) is 53.2 Å². The molecule has 0 atom stereocenters. The summed E-state index contributed by atoms with van der Waals surface area (Å²) in [5.74, 6) is 0.851. The normalized spacial score (nSPS) is 14.5. The van der Waals surface area contributed by atoms with Crippen LogP contribution in [0.5, 0.6) is 0 Å². The molecule has 1 fully saturated rings. The van der Waals surface area contributed by atoms with Gasteiger partial charge in [0.15, 0.2) is 0 Å². The van der Waals surface area contributed by atoms with Crippen molar-refractivity contribution in [2.24, 2.45) is 0 Å². The highest BCUT2D eigenvalue weighted by molar-refractivity contribution is 6.30. The molecule has 2 heterocycles. The van der Waals surface area contributed by atoms with Gasteiger partial charge in [-0.05, 0) is 36.8 Å². The monoisotopic (exact) mass is 358 g/mol. The van der Waals surface area contributed by atoms with Crippen LogP contribution in [-0.2, 0) is 0 Å². The Kier molecular flexibility index (Phi) is 5.76. The zero-order chi connectivity index (χ0) is 17.6. The van der Waals surface area contributed by atoms with Gasteiger partial charge in [0.25, 0.3) is 5.91 Å². The van der Waals surface area contributed by atoms with Gasteiger partial charge < -0.3 is 15.1 Å². The lowest BCUT2D eigenvalue weighted by molar-refractivity contribution is 0.0953. The van der Waals surface area contributed by atoms with E-state index in [1.165, 1.54) is 0 Å². The smallest absolute Gasteiger partial charge is 0.252 e. The molecule has 1 amide bonds. The quantitative estimate of drug-likeness (QED) is 0.891. The van der Waals surface area contributed by atoms with Gasteiger partial charge in [-0.1, -0.05) is 24.6 Å². The summed E-state index contributed by atoms with van der Waals surface area (Å²) in [6.45, 7) is 6.33. The van der Waals surface area contributed by atoms with Crippen LogP contribution in [0.15, 0.2) is 42.6 Å². The summed E-state index contributed by atoms with van der Waals surface area (Å²) in [5, 5.41) is 3.63. The number of benzene rings is 1. The average molecular weight is 359 g/mol. The molecule has 0 unspecified atom stereocenters. The Morgan fingerprint density at radius 1 is 1.16 bits per heavy atom. The second-order valence-electron chi connectivity index (χ2n) is 6.11. The van der Waals surface area contributed by atoms with E-state index in [2.05, 4.69) is 26.2 Å². The third-order valence-corrected chi connectivity index (χ3v) is 4.56. The Labute approximate surface area is 153 Å². The standard InChI is InChI=1S/C19H23ClN4O/c1-2-8-21-19(25)15-6-7-18(22-14-15)24-11-9-23(10-12-24)17-5-3-4-16(20)13-17/h3-7,13-14H,2,8-12H2,1H3,(H,21,25). The van der Waals surface area contributed by atoms with Gasteiger partial charge in [-0.15, -0.1) is 0 Å². The number of aromatic nitrogens is 1. The minimum Gasteiger partial charge on any atom is -0.368 e. The number of piperazine rings is 1. The molecule has 3 rings (SSSR count). The summed E-state index contributed by atoms with van der Waals surface area (Å²) in [6, 6.07) is 11.7. The van der Waals surface area contributed by atoms with Gasteiger partial charge in [-0.2, -0.15) is 0 Å². The molecule has 1 saturated heterocycles. The maximum atomic E-state index is 11.9. The average Bonchev–Trinajstić information content (AvgIpc) is 2.66. The second kappa shape index (κ2) is 8.21. The van der Waals surface area contributed by atoms with Crippen LogP contribution in [0.25, 0.3) is 0 Å². The lowest BCUT2D eigenvalue weighted by atomic mass is 10.2. The van der Waals surface area contributed by atoms with E-state index in [4.69, 9.17) is 11.6 Å². The lowest BCUT2D eigenvalue weighted by Crippen LogP contribution is -2.46. The van der Waals surface area contributed by atoms with E-state index in [9.17, 15) is 4.79 Å². The third-order valence-electron chi connectivity index (χ3n) is 4.32. The van der Waals surface area contributed by atoms with Gasteiger partial charge in [0, 0.05) is 49.6 Å². The fourth-order valence-electron chi connectivity index (χ4n) is 2.91. The summed E-state index contributed by atoms with van der Waals surface area (Å²) in [5.41, 5.74) is 1.76. The first kappa shape index (κ1) is 17.5. The van der Waals surface area contributed by atoms with Crippen LogP contribution >= 0.6 is 11.6 Å². The number of pyridine rings is 1. The largest absolute Gasteiger partial charge is 0.368 e. The molecule has 132 valence electrons. The van der Waals surface area contributed by atoms with Crippen molar-refractivity contribution < 1.29 is 4.79 Å². The second-order valence-corrected chi connectivity index (χ2v) is 6.55. The molecule has 1 aliphatic rings. The number of hydrogen-bond donors (Lipinski definition) is 1. The predicted molar refractivity (Wildman–Crippen MR) is 103 cm³/mol. The van der Waals surface area contributed by atoms with Crippen LogP contribution in [0.1, 0.15) is 23.7 Å². The number of halogens is 1. The van der Waals surface area contributed by atoms with Crippen LogP contribution in [0.2, 0.25) is 5.02 Å². The summed E-state index contributed by atoms with van der Waals surface area (Å²) in [7, 11) is 0. The van der Waals surface area contributed by atoms with E-state index in [0.29, 0.717) is 12.1 Å². The van der Waals surface area contributed by atoms with E-state index in [0.717, 1.165) is 49.1 Å². The Balaban J connectivity index is 1.58. The van der Waals surface area contributed by atoms with Gasteiger partial charge in [0.1, 0.15) is 5.82 Å². The Morgan fingerprint density at radius 3 is 2.56 bits per heavy atom. The van der Waals surface area contributed by atoms with E-state index >= 15 is 0 Å². The Bertz CT molecular complexity index is 712. The van der Waals surface area contributed by atoms with Crippen molar-refractivity contribution in [2.75, 3.05) is 42.5 Å². The number of amides is 1. The Hall–Kier alpha value is -2.27. The number of nitrogens with one attached hydrogen (secondary N) is 1. The molecule has 2 aromatic rings. The first-order valence-electron chi connectivity index (χ1n) is 8.67. The summed E-state index contributed by atoms with van der Waals surface area (Å²) < 4.78 is 0. The number of carbonyl (C=O) groups is 1. The lowest BCUT2D eigenvalue weighted by Gasteiger charge is -2.36. The molecule has 0 bridgehead atoms. The van der Waals surface area contributed by atoms with Crippen LogP contribution in [0.4, 0.5) is 11.5 Å². The van der Waals surface area contributed by atoms with Crippen LogP contribution in [-0.4, -0.2) is 43.6 Å². The molecule has 0 aliphatic carbocycles. The van der Waals surface area contributed by atoms with Gasteiger partial charge in [0.05, 0.1) is 5.56 Å². The molecule has 0 radical (unpaired) electrons. The van der Waals surface area contributed by atoms with Crippen molar-refractivity contribution in [2.45, 2.75) is 13.3 Å². The van der Waals surface area contributed by atoms with Crippen molar-refractivity contribution in [3.8, 4) is 0 Å². The molecule has 0 spiro atoms.